The van der Waals surface area contributed by atoms with Gasteiger partial charge in [0, 0.05) is 11.4 Å². The standard InChI is InChI=1S/C25H19N5O2/c1-16-23(17(2)30-25(29-16)21(14-27)15-28-30)11-12-24(31)32-22-9-7-20(8-10-22)19-5-3-18(13-26)4-6-19/h3-10,15H,11-12H2,1-2H3. The van der Waals surface area contributed by atoms with Crippen molar-refractivity contribution in [3.8, 4) is 29.0 Å². The fraction of sp³-hybridized carbons (Fsp3) is 0.160. The van der Waals surface area contributed by atoms with Gasteiger partial charge in [-0.15, -0.1) is 0 Å². The maximum atomic E-state index is 12.4. The predicted molar refractivity (Wildman–Crippen MR) is 118 cm³/mol. The van der Waals surface area contributed by atoms with Gasteiger partial charge in [-0.3, -0.25) is 4.79 Å². The van der Waals surface area contributed by atoms with E-state index in [4.69, 9.17) is 10.00 Å². The number of rotatable bonds is 5. The Balaban J connectivity index is 1.42. The van der Waals surface area contributed by atoms with Crippen molar-refractivity contribution in [2.45, 2.75) is 26.7 Å². The van der Waals surface area contributed by atoms with Gasteiger partial charge in [0.05, 0.1) is 24.3 Å². The van der Waals surface area contributed by atoms with Crippen LogP contribution in [0.25, 0.3) is 16.8 Å². The van der Waals surface area contributed by atoms with E-state index in [0.29, 0.717) is 28.9 Å². The monoisotopic (exact) mass is 421 g/mol. The van der Waals surface area contributed by atoms with Crippen LogP contribution in [0.2, 0.25) is 0 Å². The highest BCUT2D eigenvalue weighted by Crippen LogP contribution is 2.23. The van der Waals surface area contributed by atoms with Crippen LogP contribution in [0.3, 0.4) is 0 Å². The molecule has 0 unspecified atom stereocenters. The summed E-state index contributed by atoms with van der Waals surface area (Å²) < 4.78 is 7.12. The summed E-state index contributed by atoms with van der Waals surface area (Å²) in [7, 11) is 0. The van der Waals surface area contributed by atoms with Crippen LogP contribution < -0.4 is 4.74 Å². The lowest BCUT2D eigenvalue weighted by molar-refractivity contribution is -0.134. The highest BCUT2D eigenvalue weighted by atomic mass is 16.5. The zero-order chi connectivity index (χ0) is 22.7. The van der Waals surface area contributed by atoms with Crippen molar-refractivity contribution >= 4 is 11.6 Å². The first kappa shape index (κ1) is 20.8. The molecule has 0 aliphatic rings. The average molecular weight is 421 g/mol. The van der Waals surface area contributed by atoms with E-state index in [1.165, 1.54) is 6.20 Å². The highest BCUT2D eigenvalue weighted by molar-refractivity contribution is 5.73. The van der Waals surface area contributed by atoms with Gasteiger partial charge >= 0.3 is 5.97 Å². The molecule has 7 heteroatoms. The fourth-order valence-corrected chi connectivity index (χ4v) is 3.61. The number of aryl methyl sites for hydroxylation is 2. The summed E-state index contributed by atoms with van der Waals surface area (Å²) in [4.78, 5) is 16.9. The zero-order valence-electron chi connectivity index (χ0n) is 17.7. The van der Waals surface area contributed by atoms with Gasteiger partial charge in [-0.2, -0.15) is 15.6 Å². The SMILES string of the molecule is Cc1nc2c(C#N)cnn2c(C)c1CCC(=O)Oc1ccc(-c2ccc(C#N)cc2)cc1. The summed E-state index contributed by atoms with van der Waals surface area (Å²) in [6, 6.07) is 18.7. The van der Waals surface area contributed by atoms with E-state index in [0.717, 1.165) is 28.1 Å². The number of hydrogen-bond donors (Lipinski definition) is 0. The maximum absolute atomic E-state index is 12.4. The van der Waals surface area contributed by atoms with E-state index in [1.54, 1.807) is 28.8 Å². The Kier molecular flexibility index (Phi) is 5.65. The number of benzene rings is 2. The number of aromatic nitrogens is 3. The van der Waals surface area contributed by atoms with Crippen molar-refractivity contribution in [3.63, 3.8) is 0 Å². The molecule has 0 bridgehead atoms. The Hall–Kier alpha value is -4.49. The molecule has 2 heterocycles. The lowest BCUT2D eigenvalue weighted by Gasteiger charge is -2.11. The Morgan fingerprint density at radius 3 is 2.28 bits per heavy atom. The Labute approximate surface area is 185 Å². The average Bonchev–Trinajstić information content (AvgIpc) is 3.22. The summed E-state index contributed by atoms with van der Waals surface area (Å²) in [5, 5.41) is 22.3. The third kappa shape index (κ3) is 4.05. The Bertz CT molecular complexity index is 1390. The molecule has 0 fully saturated rings. The molecule has 2 aromatic heterocycles. The topological polar surface area (TPSA) is 104 Å². The van der Waals surface area contributed by atoms with Crippen molar-refractivity contribution in [1.82, 2.24) is 14.6 Å². The molecular weight excluding hydrogens is 402 g/mol. The second kappa shape index (κ2) is 8.71. The first-order chi connectivity index (χ1) is 15.5. The number of ether oxygens (including phenoxy) is 1. The van der Waals surface area contributed by atoms with Gasteiger partial charge in [-0.05, 0) is 61.2 Å². The Morgan fingerprint density at radius 2 is 1.66 bits per heavy atom. The smallest absolute Gasteiger partial charge is 0.311 e. The number of fused-ring (bicyclic) bond motifs is 1. The molecular formula is C25H19N5O2. The van der Waals surface area contributed by atoms with Crippen molar-refractivity contribution in [1.29, 1.82) is 10.5 Å². The molecule has 32 heavy (non-hydrogen) atoms. The van der Waals surface area contributed by atoms with Gasteiger partial charge in [0.2, 0.25) is 0 Å². The largest absolute Gasteiger partial charge is 0.427 e. The molecule has 0 spiro atoms. The van der Waals surface area contributed by atoms with E-state index < -0.39 is 0 Å². The van der Waals surface area contributed by atoms with Crippen LogP contribution in [0.1, 0.15) is 34.5 Å². The van der Waals surface area contributed by atoms with E-state index in [-0.39, 0.29) is 12.4 Å². The zero-order valence-corrected chi connectivity index (χ0v) is 17.7. The van der Waals surface area contributed by atoms with Crippen molar-refractivity contribution in [2.24, 2.45) is 0 Å². The maximum Gasteiger partial charge on any atom is 0.311 e. The van der Waals surface area contributed by atoms with E-state index in [9.17, 15) is 10.1 Å². The molecule has 0 saturated carbocycles. The second-order valence-electron chi connectivity index (χ2n) is 7.35. The summed E-state index contributed by atoms with van der Waals surface area (Å²) in [5.74, 6) is 0.133. The molecule has 0 aliphatic carbocycles. The highest BCUT2D eigenvalue weighted by Gasteiger charge is 2.15. The molecule has 2 aromatic carbocycles. The minimum Gasteiger partial charge on any atom is -0.427 e. The third-order valence-corrected chi connectivity index (χ3v) is 5.34. The number of carbonyl (C=O) groups is 1. The first-order valence-electron chi connectivity index (χ1n) is 10.1. The summed E-state index contributed by atoms with van der Waals surface area (Å²) in [5.41, 5.74) is 6.04. The predicted octanol–water partition coefficient (Wildman–Crippen LogP) is 4.29. The van der Waals surface area contributed by atoms with Gasteiger partial charge in [-0.25, -0.2) is 9.50 Å². The number of nitrogens with zero attached hydrogens (tertiary/aromatic N) is 5. The van der Waals surface area contributed by atoms with Gasteiger partial charge in [0.15, 0.2) is 5.65 Å². The first-order valence-corrected chi connectivity index (χ1v) is 10.1. The molecule has 156 valence electrons. The number of carbonyl (C=O) groups excluding carboxylic acids is 1. The molecule has 0 amide bonds. The lowest BCUT2D eigenvalue weighted by Crippen LogP contribution is -2.12. The molecule has 0 radical (unpaired) electrons. The van der Waals surface area contributed by atoms with Crippen molar-refractivity contribution in [3.05, 3.63) is 82.8 Å². The molecule has 0 aliphatic heterocycles. The number of nitriles is 2. The molecule has 4 rings (SSSR count). The van der Waals surface area contributed by atoms with Gasteiger partial charge < -0.3 is 4.74 Å². The fourth-order valence-electron chi connectivity index (χ4n) is 3.61. The quantitative estimate of drug-likeness (QED) is 0.352. The van der Waals surface area contributed by atoms with Crippen LogP contribution in [0.4, 0.5) is 0 Å². The van der Waals surface area contributed by atoms with Crippen LogP contribution in [-0.4, -0.2) is 20.6 Å². The molecule has 7 nitrogen and oxygen atoms in total. The summed E-state index contributed by atoms with van der Waals surface area (Å²) in [6.45, 7) is 3.77. The van der Waals surface area contributed by atoms with Gasteiger partial charge in [0.25, 0.3) is 0 Å². The minimum absolute atomic E-state index is 0.193. The van der Waals surface area contributed by atoms with E-state index in [2.05, 4.69) is 22.2 Å². The third-order valence-electron chi connectivity index (χ3n) is 5.34. The number of hydrogen-bond acceptors (Lipinski definition) is 6. The molecule has 0 atom stereocenters. The molecule has 0 saturated heterocycles. The van der Waals surface area contributed by atoms with Crippen molar-refractivity contribution in [2.75, 3.05) is 0 Å². The number of esters is 1. The van der Waals surface area contributed by atoms with Crippen LogP contribution in [0.15, 0.2) is 54.7 Å². The summed E-state index contributed by atoms with van der Waals surface area (Å²) >= 11 is 0. The lowest BCUT2D eigenvalue weighted by atomic mass is 10.0. The Morgan fingerprint density at radius 1 is 1.00 bits per heavy atom. The van der Waals surface area contributed by atoms with Gasteiger partial charge in [0.1, 0.15) is 17.4 Å². The van der Waals surface area contributed by atoms with Crippen LogP contribution >= 0.6 is 0 Å². The molecule has 0 N–H and O–H groups in total. The van der Waals surface area contributed by atoms with E-state index >= 15 is 0 Å². The van der Waals surface area contributed by atoms with E-state index in [1.807, 2.05) is 38.1 Å². The van der Waals surface area contributed by atoms with Crippen LogP contribution in [0, 0.1) is 36.5 Å². The van der Waals surface area contributed by atoms with Crippen molar-refractivity contribution < 1.29 is 9.53 Å². The normalized spacial score (nSPS) is 10.5. The summed E-state index contributed by atoms with van der Waals surface area (Å²) in [6.07, 6.45) is 2.15. The van der Waals surface area contributed by atoms with Crippen LogP contribution in [0.5, 0.6) is 5.75 Å². The minimum atomic E-state index is -0.340. The van der Waals surface area contributed by atoms with Gasteiger partial charge in [-0.1, -0.05) is 24.3 Å². The molecule has 4 aromatic rings. The van der Waals surface area contributed by atoms with Crippen LogP contribution in [-0.2, 0) is 11.2 Å². The second-order valence-corrected chi connectivity index (χ2v) is 7.35.